The Kier molecular flexibility index (Phi) is 4.76. The van der Waals surface area contributed by atoms with Gasteiger partial charge in [-0.25, -0.2) is 0 Å². The van der Waals surface area contributed by atoms with Crippen LogP contribution in [0.2, 0.25) is 0 Å². The normalized spacial score (nSPS) is 18.5. The highest BCUT2D eigenvalue weighted by Crippen LogP contribution is 2.31. The Morgan fingerprint density at radius 3 is 2.46 bits per heavy atom. The standard InChI is InChI=1S/C20H26N4O2/c1-14(2)15-3-5-16(6-4-15)19-21-18(26-22-19)13-23-9-11-24(12-10-23)20(25)17-7-8-17/h3-6,14,17H,7-13H2,1-2H3. The number of nitrogens with zero attached hydrogens (tertiary/aromatic N) is 4. The molecule has 26 heavy (non-hydrogen) atoms. The molecule has 1 aliphatic heterocycles. The molecule has 0 bridgehead atoms. The summed E-state index contributed by atoms with van der Waals surface area (Å²) in [4.78, 5) is 20.9. The predicted octanol–water partition coefficient (Wildman–Crippen LogP) is 2.91. The number of carbonyl (C=O) groups excluding carboxylic acids is 1. The zero-order chi connectivity index (χ0) is 18.1. The average Bonchev–Trinajstić information content (AvgIpc) is 3.41. The van der Waals surface area contributed by atoms with Crippen LogP contribution in [0.4, 0.5) is 0 Å². The molecule has 2 aromatic rings. The lowest BCUT2D eigenvalue weighted by molar-refractivity contribution is -0.134. The van der Waals surface area contributed by atoms with Gasteiger partial charge in [0.05, 0.1) is 6.54 Å². The lowest BCUT2D eigenvalue weighted by atomic mass is 10.0. The molecule has 1 saturated heterocycles. The molecule has 2 aliphatic rings. The third-order valence-corrected chi connectivity index (χ3v) is 5.27. The molecule has 4 rings (SSSR count). The number of hydrogen-bond donors (Lipinski definition) is 0. The van der Waals surface area contributed by atoms with Crippen molar-refractivity contribution >= 4 is 5.91 Å². The van der Waals surface area contributed by atoms with E-state index < -0.39 is 0 Å². The maximum Gasteiger partial charge on any atom is 0.241 e. The van der Waals surface area contributed by atoms with Gasteiger partial charge in [-0.1, -0.05) is 43.3 Å². The molecule has 1 aromatic heterocycles. The molecule has 0 atom stereocenters. The summed E-state index contributed by atoms with van der Waals surface area (Å²) in [5, 5.41) is 4.12. The smallest absolute Gasteiger partial charge is 0.241 e. The van der Waals surface area contributed by atoms with E-state index in [4.69, 9.17) is 4.52 Å². The van der Waals surface area contributed by atoms with E-state index in [0.717, 1.165) is 44.6 Å². The second kappa shape index (κ2) is 7.19. The second-order valence-electron chi connectivity index (χ2n) is 7.66. The molecule has 6 heteroatoms. The lowest BCUT2D eigenvalue weighted by Crippen LogP contribution is -2.48. The molecule has 0 radical (unpaired) electrons. The van der Waals surface area contributed by atoms with Crippen LogP contribution in [0.5, 0.6) is 0 Å². The lowest BCUT2D eigenvalue weighted by Gasteiger charge is -2.34. The van der Waals surface area contributed by atoms with Crippen LogP contribution in [-0.4, -0.2) is 52.0 Å². The molecule has 1 aromatic carbocycles. The molecule has 6 nitrogen and oxygen atoms in total. The molecular formula is C20H26N4O2. The van der Waals surface area contributed by atoms with Crippen molar-refractivity contribution in [2.75, 3.05) is 26.2 Å². The van der Waals surface area contributed by atoms with Crippen molar-refractivity contribution in [2.24, 2.45) is 5.92 Å². The Hall–Kier alpha value is -2.21. The Morgan fingerprint density at radius 1 is 1.15 bits per heavy atom. The fourth-order valence-corrected chi connectivity index (χ4v) is 3.36. The highest BCUT2D eigenvalue weighted by atomic mass is 16.5. The number of carbonyl (C=O) groups is 1. The van der Waals surface area contributed by atoms with Gasteiger partial charge >= 0.3 is 0 Å². The summed E-state index contributed by atoms with van der Waals surface area (Å²) in [5.74, 6) is 2.43. The maximum absolute atomic E-state index is 12.1. The topological polar surface area (TPSA) is 62.5 Å². The molecular weight excluding hydrogens is 328 g/mol. The molecule has 1 aliphatic carbocycles. The quantitative estimate of drug-likeness (QED) is 0.826. The van der Waals surface area contributed by atoms with Gasteiger partial charge in [-0.05, 0) is 24.3 Å². The molecule has 2 fully saturated rings. The van der Waals surface area contributed by atoms with E-state index in [0.29, 0.717) is 36.0 Å². The van der Waals surface area contributed by atoms with Crippen LogP contribution in [0.15, 0.2) is 28.8 Å². The first kappa shape index (κ1) is 17.2. The zero-order valence-electron chi connectivity index (χ0n) is 15.5. The van der Waals surface area contributed by atoms with Crippen LogP contribution in [0.3, 0.4) is 0 Å². The van der Waals surface area contributed by atoms with Gasteiger partial charge in [0.2, 0.25) is 17.6 Å². The van der Waals surface area contributed by atoms with E-state index in [9.17, 15) is 4.79 Å². The number of hydrogen-bond acceptors (Lipinski definition) is 5. The molecule has 0 spiro atoms. The van der Waals surface area contributed by atoms with E-state index in [-0.39, 0.29) is 0 Å². The van der Waals surface area contributed by atoms with Crippen molar-refractivity contribution < 1.29 is 9.32 Å². The zero-order valence-corrected chi connectivity index (χ0v) is 15.5. The molecule has 2 heterocycles. The summed E-state index contributed by atoms with van der Waals surface area (Å²) in [6, 6.07) is 8.33. The summed E-state index contributed by atoms with van der Waals surface area (Å²) >= 11 is 0. The van der Waals surface area contributed by atoms with Crippen LogP contribution in [-0.2, 0) is 11.3 Å². The van der Waals surface area contributed by atoms with Crippen LogP contribution >= 0.6 is 0 Å². The molecule has 0 N–H and O–H groups in total. The summed E-state index contributed by atoms with van der Waals surface area (Å²) < 4.78 is 5.44. The Labute approximate surface area is 154 Å². The van der Waals surface area contributed by atoms with E-state index in [1.165, 1.54) is 5.56 Å². The molecule has 0 unspecified atom stereocenters. The van der Waals surface area contributed by atoms with Crippen molar-refractivity contribution in [3.8, 4) is 11.4 Å². The van der Waals surface area contributed by atoms with Gasteiger partial charge in [0.1, 0.15) is 0 Å². The van der Waals surface area contributed by atoms with Crippen LogP contribution in [0.25, 0.3) is 11.4 Å². The Bertz CT molecular complexity index is 756. The fourth-order valence-electron chi connectivity index (χ4n) is 3.36. The van der Waals surface area contributed by atoms with Crippen LogP contribution in [0, 0.1) is 5.92 Å². The van der Waals surface area contributed by atoms with E-state index in [1.807, 2.05) is 17.0 Å². The number of aromatic nitrogens is 2. The number of amides is 1. The summed E-state index contributed by atoms with van der Waals surface area (Å²) in [6.07, 6.45) is 2.14. The average molecular weight is 354 g/mol. The van der Waals surface area contributed by atoms with Crippen molar-refractivity contribution in [2.45, 2.75) is 39.2 Å². The third-order valence-electron chi connectivity index (χ3n) is 5.27. The van der Waals surface area contributed by atoms with Crippen molar-refractivity contribution in [1.82, 2.24) is 19.9 Å². The van der Waals surface area contributed by atoms with Gasteiger partial charge < -0.3 is 9.42 Å². The number of rotatable bonds is 5. The van der Waals surface area contributed by atoms with E-state index >= 15 is 0 Å². The van der Waals surface area contributed by atoms with Gasteiger partial charge in [0.15, 0.2) is 0 Å². The van der Waals surface area contributed by atoms with Crippen molar-refractivity contribution in [1.29, 1.82) is 0 Å². The fraction of sp³-hybridized carbons (Fsp3) is 0.550. The second-order valence-corrected chi connectivity index (χ2v) is 7.66. The highest BCUT2D eigenvalue weighted by molar-refractivity contribution is 5.81. The van der Waals surface area contributed by atoms with Gasteiger partial charge in [-0.15, -0.1) is 0 Å². The van der Waals surface area contributed by atoms with E-state index in [2.05, 4.69) is 41.0 Å². The molecule has 1 saturated carbocycles. The largest absolute Gasteiger partial charge is 0.340 e. The minimum Gasteiger partial charge on any atom is -0.340 e. The van der Waals surface area contributed by atoms with Gasteiger partial charge in [0, 0.05) is 37.7 Å². The van der Waals surface area contributed by atoms with Gasteiger partial charge in [-0.2, -0.15) is 4.98 Å². The first-order chi connectivity index (χ1) is 12.6. The van der Waals surface area contributed by atoms with Gasteiger partial charge in [-0.3, -0.25) is 9.69 Å². The minimum absolute atomic E-state index is 0.308. The monoisotopic (exact) mass is 354 g/mol. The number of benzene rings is 1. The third kappa shape index (κ3) is 3.80. The first-order valence-corrected chi connectivity index (χ1v) is 9.54. The van der Waals surface area contributed by atoms with Crippen LogP contribution < -0.4 is 0 Å². The highest BCUT2D eigenvalue weighted by Gasteiger charge is 2.34. The summed E-state index contributed by atoms with van der Waals surface area (Å²) in [6.45, 7) is 8.32. The Morgan fingerprint density at radius 2 is 1.85 bits per heavy atom. The van der Waals surface area contributed by atoms with Crippen LogP contribution in [0.1, 0.15) is 44.1 Å². The van der Waals surface area contributed by atoms with E-state index in [1.54, 1.807) is 0 Å². The van der Waals surface area contributed by atoms with Crippen molar-refractivity contribution in [3.63, 3.8) is 0 Å². The minimum atomic E-state index is 0.308. The van der Waals surface area contributed by atoms with Crippen molar-refractivity contribution in [3.05, 3.63) is 35.7 Å². The maximum atomic E-state index is 12.1. The summed E-state index contributed by atoms with van der Waals surface area (Å²) in [5.41, 5.74) is 2.28. The molecule has 1 amide bonds. The number of piperazine rings is 1. The summed E-state index contributed by atoms with van der Waals surface area (Å²) in [7, 11) is 0. The first-order valence-electron chi connectivity index (χ1n) is 9.54. The Balaban J connectivity index is 1.33. The predicted molar refractivity (Wildman–Crippen MR) is 98.4 cm³/mol. The SMILES string of the molecule is CC(C)c1ccc(-c2noc(CN3CCN(C(=O)C4CC4)CC3)n2)cc1. The van der Waals surface area contributed by atoms with Gasteiger partial charge in [0.25, 0.3) is 0 Å². The molecule has 138 valence electrons.